The van der Waals surface area contributed by atoms with Crippen LogP contribution >= 0.6 is 35.3 Å². The predicted octanol–water partition coefficient (Wildman–Crippen LogP) is 2.88. The number of hydrogen-bond acceptors (Lipinski definition) is 5. The Hall–Kier alpha value is -0.940. The Bertz CT molecular complexity index is 681. The summed E-state index contributed by atoms with van der Waals surface area (Å²) in [7, 11) is 1.80. The average Bonchev–Trinajstić information content (AvgIpc) is 3.43. The molecule has 2 aliphatic rings. The maximum absolute atomic E-state index is 12.5. The Morgan fingerprint density at radius 2 is 1.93 bits per heavy atom. The SMILES string of the molecule is CN=C(NCCN1CCN(C(=O)C2CCCC2)CC1)NCc1nc(C(C)C)cs1.I. The third-order valence-electron chi connectivity index (χ3n) is 5.90. The molecule has 1 amide bonds. The molecule has 7 nitrogen and oxygen atoms in total. The molecular formula is C21H37IN6OS. The van der Waals surface area contributed by atoms with E-state index in [1.54, 1.807) is 18.4 Å². The smallest absolute Gasteiger partial charge is 0.225 e. The van der Waals surface area contributed by atoms with Gasteiger partial charge in [-0.2, -0.15) is 0 Å². The van der Waals surface area contributed by atoms with Gasteiger partial charge in [0.05, 0.1) is 12.2 Å². The van der Waals surface area contributed by atoms with Gasteiger partial charge in [0, 0.05) is 57.6 Å². The summed E-state index contributed by atoms with van der Waals surface area (Å²) in [5.74, 6) is 1.97. The number of carbonyl (C=O) groups excluding carboxylic acids is 1. The molecule has 1 aliphatic heterocycles. The van der Waals surface area contributed by atoms with Crippen LogP contribution in [0.5, 0.6) is 0 Å². The fourth-order valence-electron chi connectivity index (χ4n) is 4.01. The minimum atomic E-state index is 0. The molecule has 0 unspecified atom stereocenters. The van der Waals surface area contributed by atoms with Gasteiger partial charge in [-0.05, 0) is 18.8 Å². The fraction of sp³-hybridized carbons (Fsp3) is 0.762. The maximum Gasteiger partial charge on any atom is 0.225 e. The Morgan fingerprint density at radius 3 is 2.53 bits per heavy atom. The molecule has 2 heterocycles. The van der Waals surface area contributed by atoms with Crippen molar-refractivity contribution in [3.8, 4) is 0 Å². The average molecular weight is 549 g/mol. The van der Waals surface area contributed by atoms with Crippen LogP contribution in [0.4, 0.5) is 0 Å². The molecule has 2 fully saturated rings. The van der Waals surface area contributed by atoms with Crippen LogP contribution in [0, 0.1) is 5.92 Å². The van der Waals surface area contributed by atoms with Crippen molar-refractivity contribution in [2.24, 2.45) is 10.9 Å². The van der Waals surface area contributed by atoms with Gasteiger partial charge in [-0.1, -0.05) is 26.7 Å². The van der Waals surface area contributed by atoms with Gasteiger partial charge in [-0.15, -0.1) is 35.3 Å². The Kier molecular flexibility index (Phi) is 10.8. The zero-order chi connectivity index (χ0) is 20.6. The molecule has 1 aromatic rings. The summed E-state index contributed by atoms with van der Waals surface area (Å²) in [5, 5.41) is 9.95. The summed E-state index contributed by atoms with van der Waals surface area (Å²) >= 11 is 1.69. The molecule has 1 aromatic heterocycles. The van der Waals surface area contributed by atoms with Crippen molar-refractivity contribution < 1.29 is 4.79 Å². The monoisotopic (exact) mass is 548 g/mol. The topological polar surface area (TPSA) is 72.9 Å². The van der Waals surface area contributed by atoms with Crippen LogP contribution < -0.4 is 10.6 Å². The van der Waals surface area contributed by atoms with E-state index in [9.17, 15) is 4.79 Å². The van der Waals surface area contributed by atoms with Crippen molar-refractivity contribution in [2.75, 3.05) is 46.3 Å². The minimum Gasteiger partial charge on any atom is -0.355 e. The van der Waals surface area contributed by atoms with Gasteiger partial charge >= 0.3 is 0 Å². The summed E-state index contributed by atoms with van der Waals surface area (Å²) in [6, 6.07) is 0. The standard InChI is InChI=1S/C21H36N6OS.HI/c1-16(2)18-15-29-19(25-18)14-24-21(22-3)23-8-9-26-10-12-27(13-11-26)20(28)17-6-4-5-7-17;/h15-17H,4-14H2,1-3H3,(H2,22,23,24);1H. The van der Waals surface area contributed by atoms with Gasteiger partial charge in [0.15, 0.2) is 5.96 Å². The van der Waals surface area contributed by atoms with E-state index in [0.29, 0.717) is 24.3 Å². The second-order valence-electron chi connectivity index (χ2n) is 8.32. The van der Waals surface area contributed by atoms with Crippen LogP contribution in [0.25, 0.3) is 0 Å². The van der Waals surface area contributed by atoms with Crippen LogP contribution in [-0.4, -0.2) is 73.0 Å². The van der Waals surface area contributed by atoms with E-state index in [1.165, 1.54) is 12.8 Å². The Labute approximate surface area is 202 Å². The summed E-state index contributed by atoms with van der Waals surface area (Å²) < 4.78 is 0. The molecule has 3 rings (SSSR count). The molecule has 9 heteroatoms. The summed E-state index contributed by atoms with van der Waals surface area (Å²) in [5.41, 5.74) is 1.15. The van der Waals surface area contributed by atoms with Crippen LogP contribution in [0.3, 0.4) is 0 Å². The van der Waals surface area contributed by atoms with Crippen molar-refractivity contribution in [3.63, 3.8) is 0 Å². The molecular weight excluding hydrogens is 511 g/mol. The molecule has 0 atom stereocenters. The van der Waals surface area contributed by atoms with Gasteiger partial charge in [0.1, 0.15) is 5.01 Å². The van der Waals surface area contributed by atoms with E-state index >= 15 is 0 Å². The number of guanidine groups is 1. The van der Waals surface area contributed by atoms with Crippen molar-refractivity contribution in [3.05, 3.63) is 16.1 Å². The van der Waals surface area contributed by atoms with Crippen LogP contribution in [0.1, 0.15) is 56.2 Å². The first-order valence-corrected chi connectivity index (χ1v) is 11.8. The molecule has 1 aliphatic carbocycles. The van der Waals surface area contributed by atoms with Crippen molar-refractivity contribution in [2.45, 2.75) is 52.0 Å². The highest BCUT2D eigenvalue weighted by atomic mass is 127. The largest absolute Gasteiger partial charge is 0.355 e. The molecule has 0 bridgehead atoms. The normalized spacial score (nSPS) is 18.5. The quantitative estimate of drug-likeness (QED) is 0.312. The van der Waals surface area contributed by atoms with E-state index in [1.807, 2.05) is 0 Å². The number of thiazole rings is 1. The van der Waals surface area contributed by atoms with Crippen molar-refractivity contribution in [1.29, 1.82) is 0 Å². The Morgan fingerprint density at radius 1 is 1.23 bits per heavy atom. The summed E-state index contributed by atoms with van der Waals surface area (Å²) in [6.07, 6.45) is 4.63. The van der Waals surface area contributed by atoms with Gasteiger partial charge in [-0.25, -0.2) is 4.98 Å². The highest BCUT2D eigenvalue weighted by Crippen LogP contribution is 2.26. The van der Waals surface area contributed by atoms with E-state index in [-0.39, 0.29) is 24.0 Å². The first kappa shape index (κ1) is 25.3. The van der Waals surface area contributed by atoms with E-state index in [2.05, 4.69) is 49.6 Å². The first-order valence-electron chi connectivity index (χ1n) is 11.0. The van der Waals surface area contributed by atoms with Gasteiger partial charge < -0.3 is 15.5 Å². The molecule has 30 heavy (non-hydrogen) atoms. The first-order chi connectivity index (χ1) is 14.1. The molecule has 0 aromatic carbocycles. The lowest BCUT2D eigenvalue weighted by Crippen LogP contribution is -2.51. The number of nitrogens with zero attached hydrogens (tertiary/aromatic N) is 4. The van der Waals surface area contributed by atoms with E-state index in [0.717, 1.165) is 68.8 Å². The van der Waals surface area contributed by atoms with Crippen LogP contribution in [0.15, 0.2) is 10.4 Å². The fourth-order valence-corrected chi connectivity index (χ4v) is 4.90. The maximum atomic E-state index is 12.5. The number of amides is 1. The summed E-state index contributed by atoms with van der Waals surface area (Å²) in [6.45, 7) is 10.5. The zero-order valence-electron chi connectivity index (χ0n) is 18.5. The second-order valence-corrected chi connectivity index (χ2v) is 9.26. The number of piperazine rings is 1. The van der Waals surface area contributed by atoms with E-state index < -0.39 is 0 Å². The number of halogens is 1. The summed E-state index contributed by atoms with van der Waals surface area (Å²) in [4.78, 5) is 26.0. The zero-order valence-corrected chi connectivity index (χ0v) is 21.7. The second kappa shape index (κ2) is 12.8. The molecule has 0 radical (unpaired) electrons. The number of hydrogen-bond donors (Lipinski definition) is 2. The van der Waals surface area contributed by atoms with Gasteiger partial charge in [0.2, 0.25) is 5.91 Å². The number of aromatic nitrogens is 1. The molecule has 170 valence electrons. The lowest BCUT2D eigenvalue weighted by atomic mass is 10.1. The number of aliphatic imine (C=N–C) groups is 1. The van der Waals surface area contributed by atoms with Crippen LogP contribution in [0.2, 0.25) is 0 Å². The Balaban J connectivity index is 0.00000320. The van der Waals surface area contributed by atoms with Gasteiger partial charge in [-0.3, -0.25) is 14.7 Å². The third kappa shape index (κ3) is 7.33. The van der Waals surface area contributed by atoms with Crippen LogP contribution in [-0.2, 0) is 11.3 Å². The lowest BCUT2D eigenvalue weighted by molar-refractivity contribution is -0.137. The number of rotatable bonds is 7. The lowest BCUT2D eigenvalue weighted by Gasteiger charge is -2.36. The number of carbonyl (C=O) groups is 1. The minimum absolute atomic E-state index is 0. The molecule has 1 saturated carbocycles. The van der Waals surface area contributed by atoms with Gasteiger partial charge in [0.25, 0.3) is 0 Å². The molecule has 1 saturated heterocycles. The predicted molar refractivity (Wildman–Crippen MR) is 135 cm³/mol. The van der Waals surface area contributed by atoms with E-state index in [4.69, 9.17) is 0 Å². The van der Waals surface area contributed by atoms with Crippen molar-refractivity contribution in [1.82, 2.24) is 25.4 Å². The third-order valence-corrected chi connectivity index (χ3v) is 6.77. The highest BCUT2D eigenvalue weighted by Gasteiger charge is 2.29. The number of nitrogens with one attached hydrogen (secondary N) is 2. The van der Waals surface area contributed by atoms with Crippen molar-refractivity contribution >= 4 is 47.2 Å². The highest BCUT2D eigenvalue weighted by molar-refractivity contribution is 14.0. The molecule has 0 spiro atoms. The molecule has 2 N–H and O–H groups in total.